The predicted molar refractivity (Wildman–Crippen MR) is 124 cm³/mol. The van der Waals surface area contributed by atoms with Crippen LogP contribution >= 0.6 is 0 Å². The molecule has 6 heteroatoms. The van der Waals surface area contributed by atoms with E-state index in [1.165, 1.54) is 12.1 Å². The average Bonchev–Trinajstić information content (AvgIpc) is 3.15. The van der Waals surface area contributed by atoms with Crippen LogP contribution < -0.4 is 4.74 Å². The molecule has 0 saturated carbocycles. The number of hydrogen-bond donors (Lipinski definition) is 0. The minimum atomic E-state index is -0.307. The average molecular weight is 442 g/mol. The van der Waals surface area contributed by atoms with Crippen molar-refractivity contribution in [3.05, 3.63) is 64.2 Å². The van der Waals surface area contributed by atoms with Crippen LogP contribution in [-0.4, -0.2) is 38.1 Å². The number of nitrogens with zero attached hydrogens (tertiary/aromatic N) is 1. The van der Waals surface area contributed by atoms with Crippen LogP contribution in [0.15, 0.2) is 34.7 Å². The second-order valence-corrected chi connectivity index (χ2v) is 8.32. The maximum absolute atomic E-state index is 14.2. The predicted octanol–water partition coefficient (Wildman–Crippen LogP) is 5.37. The normalized spacial score (nSPS) is 11.3. The Bertz CT molecular complexity index is 1090. The number of furan rings is 1. The Balaban J connectivity index is 1.74. The molecule has 1 heterocycles. The van der Waals surface area contributed by atoms with Gasteiger partial charge in [0, 0.05) is 30.3 Å². The summed E-state index contributed by atoms with van der Waals surface area (Å²) in [7, 11) is 4.02. The van der Waals surface area contributed by atoms with Crippen molar-refractivity contribution in [3.8, 4) is 5.75 Å². The number of benzene rings is 2. The van der Waals surface area contributed by atoms with E-state index in [1.807, 2.05) is 46.1 Å². The van der Waals surface area contributed by atoms with Gasteiger partial charge in [-0.25, -0.2) is 4.39 Å². The zero-order valence-electron chi connectivity index (χ0n) is 19.6. The van der Waals surface area contributed by atoms with Crippen LogP contribution in [0, 0.1) is 19.7 Å². The fourth-order valence-corrected chi connectivity index (χ4v) is 3.71. The number of aryl methyl sites for hydroxylation is 1. The van der Waals surface area contributed by atoms with Crippen molar-refractivity contribution in [1.29, 1.82) is 0 Å². The third-order valence-electron chi connectivity index (χ3n) is 5.65. The Morgan fingerprint density at radius 1 is 1.06 bits per heavy atom. The van der Waals surface area contributed by atoms with Gasteiger partial charge in [0.15, 0.2) is 0 Å². The van der Waals surface area contributed by atoms with E-state index in [0.29, 0.717) is 30.6 Å². The lowest BCUT2D eigenvalue weighted by molar-refractivity contribution is -0.143. The highest BCUT2D eigenvalue weighted by atomic mass is 19.1. The third-order valence-corrected chi connectivity index (χ3v) is 5.65. The first-order valence-electron chi connectivity index (χ1n) is 11.0. The van der Waals surface area contributed by atoms with E-state index in [0.717, 1.165) is 46.6 Å². The molecule has 5 nitrogen and oxygen atoms in total. The van der Waals surface area contributed by atoms with Crippen LogP contribution in [0.25, 0.3) is 11.0 Å². The first-order chi connectivity index (χ1) is 15.3. The molecule has 0 aliphatic carbocycles. The topological polar surface area (TPSA) is 51.9 Å². The van der Waals surface area contributed by atoms with Gasteiger partial charge in [-0.1, -0.05) is 6.07 Å². The summed E-state index contributed by atoms with van der Waals surface area (Å²) in [5.74, 6) is 1.07. The van der Waals surface area contributed by atoms with Gasteiger partial charge >= 0.3 is 5.97 Å². The summed E-state index contributed by atoms with van der Waals surface area (Å²) >= 11 is 0. The highest BCUT2D eigenvalue weighted by Crippen LogP contribution is 2.29. The molecule has 1 aromatic heterocycles. The molecular formula is C26H32FNO4. The van der Waals surface area contributed by atoms with E-state index in [2.05, 4.69) is 4.90 Å². The van der Waals surface area contributed by atoms with Crippen molar-refractivity contribution in [3.63, 3.8) is 0 Å². The second kappa shape index (κ2) is 10.6. The third kappa shape index (κ3) is 5.88. The smallest absolute Gasteiger partial charge is 0.306 e. The summed E-state index contributed by atoms with van der Waals surface area (Å²) in [5, 5.41) is 0.750. The van der Waals surface area contributed by atoms with Gasteiger partial charge in [0.2, 0.25) is 0 Å². The van der Waals surface area contributed by atoms with Crippen LogP contribution in [0.3, 0.4) is 0 Å². The lowest BCUT2D eigenvalue weighted by atomic mass is 9.99. The van der Waals surface area contributed by atoms with E-state index in [1.54, 1.807) is 6.92 Å². The van der Waals surface area contributed by atoms with Gasteiger partial charge in [0.1, 0.15) is 29.5 Å². The zero-order chi connectivity index (χ0) is 23.3. The molecule has 0 amide bonds. The summed E-state index contributed by atoms with van der Waals surface area (Å²) in [6.45, 7) is 7.27. The Labute approximate surface area is 189 Å². The van der Waals surface area contributed by atoms with Crippen molar-refractivity contribution in [2.24, 2.45) is 0 Å². The van der Waals surface area contributed by atoms with E-state index in [-0.39, 0.29) is 18.4 Å². The van der Waals surface area contributed by atoms with Crippen molar-refractivity contribution in [2.45, 2.75) is 46.6 Å². The number of hydrogen-bond acceptors (Lipinski definition) is 5. The van der Waals surface area contributed by atoms with Gasteiger partial charge in [-0.05, 0) is 82.2 Å². The van der Waals surface area contributed by atoms with E-state index < -0.39 is 0 Å². The first kappa shape index (κ1) is 23.8. The molecule has 2 aromatic carbocycles. The molecule has 3 aromatic rings. The second-order valence-electron chi connectivity index (χ2n) is 8.32. The van der Waals surface area contributed by atoms with Gasteiger partial charge in [-0.3, -0.25) is 4.79 Å². The minimum absolute atomic E-state index is 0.191. The Morgan fingerprint density at radius 3 is 2.56 bits per heavy atom. The molecular weight excluding hydrogens is 409 g/mol. The number of ether oxygens (including phenoxy) is 2. The molecule has 0 aliphatic heterocycles. The molecule has 0 atom stereocenters. The van der Waals surface area contributed by atoms with Crippen LogP contribution in [0.2, 0.25) is 0 Å². The molecule has 3 rings (SSSR count). The van der Waals surface area contributed by atoms with Gasteiger partial charge in [0.25, 0.3) is 0 Å². The molecule has 0 spiro atoms. The Hall–Kier alpha value is -2.86. The molecule has 0 radical (unpaired) electrons. The lowest BCUT2D eigenvalue weighted by Gasteiger charge is -2.15. The van der Waals surface area contributed by atoms with Crippen LogP contribution in [-0.2, 0) is 29.0 Å². The summed E-state index contributed by atoms with van der Waals surface area (Å²) in [5.41, 5.74) is 4.53. The monoisotopic (exact) mass is 441 g/mol. The van der Waals surface area contributed by atoms with Crippen LogP contribution in [0.4, 0.5) is 4.39 Å². The maximum atomic E-state index is 14.2. The molecule has 0 N–H and O–H groups in total. The number of likely N-dealkylation sites (N-methyl/N-ethyl adjacent to an activating group) is 1. The van der Waals surface area contributed by atoms with Crippen molar-refractivity contribution in [1.82, 2.24) is 4.90 Å². The van der Waals surface area contributed by atoms with Gasteiger partial charge < -0.3 is 18.8 Å². The molecule has 0 saturated heterocycles. The van der Waals surface area contributed by atoms with Crippen LogP contribution in [0.1, 0.15) is 41.4 Å². The molecule has 0 unspecified atom stereocenters. The zero-order valence-corrected chi connectivity index (χ0v) is 19.6. The lowest BCUT2D eigenvalue weighted by Crippen LogP contribution is -2.14. The van der Waals surface area contributed by atoms with E-state index >= 15 is 0 Å². The SMILES string of the molecule is CCOC(=O)CCc1ccc(OCc2cc(F)cc3cc(CCN(C)C)oc23)c(C)c1C. The summed E-state index contributed by atoms with van der Waals surface area (Å²) < 4.78 is 31.3. The van der Waals surface area contributed by atoms with E-state index in [9.17, 15) is 9.18 Å². The fraction of sp³-hybridized carbons (Fsp3) is 0.423. The maximum Gasteiger partial charge on any atom is 0.306 e. The number of rotatable bonds is 10. The van der Waals surface area contributed by atoms with Crippen LogP contribution in [0.5, 0.6) is 5.75 Å². The van der Waals surface area contributed by atoms with Gasteiger partial charge in [-0.15, -0.1) is 0 Å². The number of carbonyl (C=O) groups is 1. The summed E-state index contributed by atoms with van der Waals surface area (Å²) in [4.78, 5) is 13.7. The minimum Gasteiger partial charge on any atom is -0.488 e. The fourth-order valence-electron chi connectivity index (χ4n) is 3.71. The number of carbonyl (C=O) groups excluding carboxylic acids is 1. The molecule has 172 valence electrons. The standard InChI is InChI=1S/C26H32FNO4/c1-6-30-25(29)10-8-19-7-9-24(18(3)17(19)2)31-16-21-14-22(27)13-20-15-23(32-26(20)21)11-12-28(4)5/h7,9,13-15H,6,8,10-12,16H2,1-5H3. The molecule has 0 aliphatic rings. The number of halogens is 1. The van der Waals surface area contributed by atoms with Crippen molar-refractivity contribution in [2.75, 3.05) is 27.2 Å². The first-order valence-corrected chi connectivity index (χ1v) is 11.0. The molecule has 32 heavy (non-hydrogen) atoms. The summed E-state index contributed by atoms with van der Waals surface area (Å²) in [6.07, 6.45) is 1.73. The largest absolute Gasteiger partial charge is 0.488 e. The number of esters is 1. The summed E-state index contributed by atoms with van der Waals surface area (Å²) in [6, 6.07) is 8.75. The van der Waals surface area contributed by atoms with E-state index in [4.69, 9.17) is 13.9 Å². The molecule has 0 bridgehead atoms. The van der Waals surface area contributed by atoms with Crippen molar-refractivity contribution < 1.29 is 23.1 Å². The Kier molecular flexibility index (Phi) is 7.91. The van der Waals surface area contributed by atoms with Gasteiger partial charge in [-0.2, -0.15) is 0 Å². The highest BCUT2D eigenvalue weighted by Gasteiger charge is 2.14. The highest BCUT2D eigenvalue weighted by molar-refractivity contribution is 5.81. The Morgan fingerprint density at radius 2 is 1.84 bits per heavy atom. The molecule has 0 fully saturated rings. The van der Waals surface area contributed by atoms with Gasteiger partial charge in [0.05, 0.1) is 6.61 Å². The number of fused-ring (bicyclic) bond motifs is 1. The van der Waals surface area contributed by atoms with Crippen molar-refractivity contribution >= 4 is 16.9 Å². The quantitative estimate of drug-likeness (QED) is 0.396.